The maximum atomic E-state index is 13.2. The number of likely N-dealkylation sites (tertiary alicyclic amines) is 1. The van der Waals surface area contributed by atoms with Crippen LogP contribution >= 0.6 is 11.3 Å². The van der Waals surface area contributed by atoms with Gasteiger partial charge in [-0.2, -0.15) is 0 Å². The van der Waals surface area contributed by atoms with Crippen LogP contribution in [0.25, 0.3) is 10.6 Å². The maximum Gasteiger partial charge on any atom is 0.418 e. The number of nitrogens with one attached hydrogen (secondary N) is 3. The van der Waals surface area contributed by atoms with Gasteiger partial charge in [0.05, 0.1) is 41.9 Å². The number of amides is 3. The molecule has 2 aromatic heterocycles. The second kappa shape index (κ2) is 10.9. The third-order valence-electron chi connectivity index (χ3n) is 5.25. The number of carbonyl (C=O) groups is 3. The number of imidazole rings is 1. The number of aromatic nitrogens is 2. The normalized spacial score (nSPS) is 16.0. The largest absolute Gasteiger partial charge is 0.453 e. The number of nitrogens with zero attached hydrogens (tertiary/aromatic N) is 2. The molecule has 11 heteroatoms. The van der Waals surface area contributed by atoms with E-state index in [1.807, 2.05) is 26.0 Å². The Morgan fingerprint density at radius 3 is 2.70 bits per heavy atom. The van der Waals surface area contributed by atoms with Crippen molar-refractivity contribution in [2.24, 2.45) is 5.92 Å². The molecule has 1 aliphatic heterocycles. The van der Waals surface area contributed by atoms with E-state index in [4.69, 9.17) is 0 Å². The van der Waals surface area contributed by atoms with Crippen LogP contribution in [-0.4, -0.2) is 59.8 Å². The molecule has 3 N–H and O–H groups in total. The van der Waals surface area contributed by atoms with E-state index in [-0.39, 0.29) is 17.9 Å². The molecule has 0 bridgehead atoms. The smallest absolute Gasteiger partial charge is 0.418 e. The monoisotopic (exact) mass is 473 g/mol. The Kier molecular flexibility index (Phi) is 7.95. The molecule has 0 aliphatic carbocycles. The predicted molar refractivity (Wildman–Crippen MR) is 122 cm³/mol. The quantitative estimate of drug-likeness (QED) is 0.453. The van der Waals surface area contributed by atoms with Crippen molar-refractivity contribution >= 4 is 29.4 Å². The molecule has 0 radical (unpaired) electrons. The summed E-state index contributed by atoms with van der Waals surface area (Å²) in [4.78, 5) is 47.4. The first-order valence-corrected chi connectivity index (χ1v) is 11.3. The summed E-state index contributed by atoms with van der Waals surface area (Å²) < 4.78 is 9.15. The van der Waals surface area contributed by atoms with Crippen LogP contribution in [0.5, 0.6) is 0 Å². The van der Waals surface area contributed by atoms with E-state index in [9.17, 15) is 14.4 Å². The number of carbonyl (C=O) groups excluding carboxylic acids is 3. The highest BCUT2D eigenvalue weighted by Crippen LogP contribution is 2.34. The average Bonchev–Trinajstić information content (AvgIpc) is 3.56. The number of hydrogen-bond donors (Lipinski definition) is 3. The molecular weight excluding hydrogens is 446 g/mol. The van der Waals surface area contributed by atoms with Crippen molar-refractivity contribution in [2.45, 2.75) is 38.8 Å². The zero-order valence-corrected chi connectivity index (χ0v) is 19.7. The summed E-state index contributed by atoms with van der Waals surface area (Å²) in [5.41, 5.74) is 0.816. The number of rotatable bonds is 5. The lowest BCUT2D eigenvalue weighted by molar-refractivity contribution is -0.135. The van der Waals surface area contributed by atoms with Crippen molar-refractivity contribution in [3.8, 4) is 22.5 Å². The van der Waals surface area contributed by atoms with Gasteiger partial charge in [0.15, 0.2) is 0 Å². The highest BCUT2D eigenvalue weighted by Gasteiger charge is 2.37. The molecule has 0 spiro atoms. The Labute approximate surface area is 196 Å². The number of alkyl carbamates (subject to hydrolysis) is 2. The fraction of sp³-hybridized carbons (Fsp3) is 0.455. The van der Waals surface area contributed by atoms with E-state index in [0.717, 1.165) is 28.3 Å². The number of methoxy groups -OCH3 is 2. The van der Waals surface area contributed by atoms with Gasteiger partial charge in [0.2, 0.25) is 5.91 Å². The van der Waals surface area contributed by atoms with Gasteiger partial charge < -0.3 is 24.7 Å². The van der Waals surface area contributed by atoms with Gasteiger partial charge in [0.25, 0.3) is 0 Å². The molecular formula is C22H27N5O5S. The zero-order valence-electron chi connectivity index (χ0n) is 18.9. The molecule has 3 amide bonds. The van der Waals surface area contributed by atoms with Crippen molar-refractivity contribution in [1.29, 1.82) is 0 Å². The van der Waals surface area contributed by atoms with Gasteiger partial charge in [-0.15, -0.1) is 11.3 Å². The summed E-state index contributed by atoms with van der Waals surface area (Å²) in [7, 11) is 2.55. The molecule has 176 valence electrons. The SMILES string of the molecule is COC(=O)NC#Cc1ccc(-c2cnc([C@@H]3CCCN3C(=O)C(NC(=O)OC)C(C)C)[nH]2)s1. The fourth-order valence-corrected chi connectivity index (χ4v) is 4.39. The van der Waals surface area contributed by atoms with E-state index in [1.165, 1.54) is 25.6 Å². The first kappa shape index (κ1) is 24.1. The van der Waals surface area contributed by atoms with Gasteiger partial charge in [-0.1, -0.05) is 13.8 Å². The van der Waals surface area contributed by atoms with Crippen LogP contribution in [0.4, 0.5) is 9.59 Å². The predicted octanol–water partition coefficient (Wildman–Crippen LogP) is 2.85. The summed E-state index contributed by atoms with van der Waals surface area (Å²) in [5, 5.41) is 4.96. The Bertz CT molecular complexity index is 1070. The summed E-state index contributed by atoms with van der Waals surface area (Å²) in [5.74, 6) is 3.31. The number of H-pyrrole nitrogens is 1. The first-order chi connectivity index (χ1) is 15.8. The van der Waals surface area contributed by atoms with E-state index >= 15 is 0 Å². The number of hydrogen-bond acceptors (Lipinski definition) is 7. The first-order valence-electron chi connectivity index (χ1n) is 10.5. The second-order valence-corrected chi connectivity index (χ2v) is 8.84. The maximum absolute atomic E-state index is 13.2. The van der Waals surface area contributed by atoms with E-state index in [0.29, 0.717) is 12.4 Å². The van der Waals surface area contributed by atoms with E-state index < -0.39 is 18.2 Å². The summed E-state index contributed by atoms with van der Waals surface area (Å²) in [6.45, 7) is 4.36. The molecule has 10 nitrogen and oxygen atoms in total. The third kappa shape index (κ3) is 5.84. The number of ether oxygens (including phenoxy) is 2. The summed E-state index contributed by atoms with van der Waals surface area (Å²) in [6.07, 6.45) is 2.12. The molecule has 3 rings (SSSR count). The second-order valence-electron chi connectivity index (χ2n) is 7.76. The fourth-order valence-electron chi connectivity index (χ4n) is 3.57. The lowest BCUT2D eigenvalue weighted by Crippen LogP contribution is -2.51. The Morgan fingerprint density at radius 2 is 2.00 bits per heavy atom. The molecule has 0 saturated carbocycles. The lowest BCUT2D eigenvalue weighted by atomic mass is 10.0. The molecule has 1 fully saturated rings. The zero-order chi connectivity index (χ0) is 24.0. The Balaban J connectivity index is 1.73. The highest BCUT2D eigenvalue weighted by atomic mass is 32.1. The molecule has 33 heavy (non-hydrogen) atoms. The minimum atomic E-state index is -0.676. The van der Waals surface area contributed by atoms with Crippen molar-refractivity contribution in [3.63, 3.8) is 0 Å². The van der Waals surface area contributed by atoms with Crippen LogP contribution in [0.1, 0.15) is 43.4 Å². The number of thiophene rings is 1. The van der Waals surface area contributed by atoms with E-state index in [2.05, 4.69) is 42.0 Å². The number of aromatic amines is 1. The van der Waals surface area contributed by atoms with Crippen molar-refractivity contribution in [3.05, 3.63) is 29.0 Å². The molecule has 1 aliphatic rings. The van der Waals surface area contributed by atoms with Crippen LogP contribution in [0.15, 0.2) is 18.3 Å². The lowest BCUT2D eigenvalue weighted by Gasteiger charge is -2.30. The van der Waals surface area contributed by atoms with Crippen LogP contribution in [0, 0.1) is 17.9 Å². The molecule has 0 aromatic carbocycles. The van der Waals surface area contributed by atoms with Crippen molar-refractivity contribution in [2.75, 3.05) is 20.8 Å². The van der Waals surface area contributed by atoms with Crippen LogP contribution < -0.4 is 10.6 Å². The third-order valence-corrected chi connectivity index (χ3v) is 6.28. The van der Waals surface area contributed by atoms with Gasteiger partial charge >= 0.3 is 12.2 Å². The van der Waals surface area contributed by atoms with Crippen LogP contribution in [-0.2, 0) is 14.3 Å². The van der Waals surface area contributed by atoms with E-state index in [1.54, 1.807) is 11.1 Å². The van der Waals surface area contributed by atoms with Gasteiger partial charge in [0.1, 0.15) is 11.9 Å². The highest BCUT2D eigenvalue weighted by molar-refractivity contribution is 7.16. The summed E-state index contributed by atoms with van der Waals surface area (Å²) >= 11 is 1.45. The van der Waals surface area contributed by atoms with Crippen molar-refractivity contribution in [1.82, 2.24) is 25.5 Å². The topological polar surface area (TPSA) is 126 Å². The van der Waals surface area contributed by atoms with Gasteiger partial charge in [0, 0.05) is 12.6 Å². The minimum absolute atomic E-state index is 0.0932. The molecule has 1 unspecified atom stereocenters. The standard InChI is InChI=1S/C22H27N5O5S/c1-13(2)18(26-22(30)32-4)20(28)27-11-5-6-16(27)19-24-12-15(25-19)17-8-7-14(33-17)9-10-23-21(29)31-3/h7-8,12-13,16,18H,5-6,11H2,1-4H3,(H,23,29)(H,24,25)(H,26,30)/t16-,18?/m0/s1. The molecule has 3 heterocycles. The minimum Gasteiger partial charge on any atom is -0.453 e. The Morgan fingerprint density at radius 1 is 1.24 bits per heavy atom. The molecule has 2 aromatic rings. The van der Waals surface area contributed by atoms with Gasteiger partial charge in [-0.3, -0.25) is 4.79 Å². The van der Waals surface area contributed by atoms with Crippen molar-refractivity contribution < 1.29 is 23.9 Å². The van der Waals surface area contributed by atoms with Crippen LogP contribution in [0.2, 0.25) is 0 Å². The van der Waals surface area contributed by atoms with Gasteiger partial charge in [-0.05, 0) is 36.8 Å². The Hall–Kier alpha value is -3.52. The summed E-state index contributed by atoms with van der Waals surface area (Å²) in [6, 6.07) is 5.44. The average molecular weight is 474 g/mol. The molecule has 1 saturated heterocycles. The molecule has 2 atom stereocenters. The van der Waals surface area contributed by atoms with Gasteiger partial charge in [-0.25, -0.2) is 19.9 Å². The van der Waals surface area contributed by atoms with Crippen LogP contribution in [0.3, 0.4) is 0 Å².